The predicted octanol–water partition coefficient (Wildman–Crippen LogP) is 3.26. The fraction of sp³-hybridized carbons (Fsp3) is 0.368. The van der Waals surface area contributed by atoms with E-state index in [1.165, 1.54) is 22.7 Å². The fourth-order valence-corrected chi connectivity index (χ4v) is 4.87. The van der Waals surface area contributed by atoms with Gasteiger partial charge < -0.3 is 20.1 Å². The van der Waals surface area contributed by atoms with Crippen LogP contribution in [0.25, 0.3) is 0 Å². The molecular weight excluding hydrogens is 414 g/mol. The minimum Gasteiger partial charge on any atom is -0.462 e. The van der Waals surface area contributed by atoms with Crippen molar-refractivity contribution in [3.63, 3.8) is 0 Å². The van der Waals surface area contributed by atoms with Crippen LogP contribution < -0.4 is 10.6 Å². The molecule has 0 atom stereocenters. The van der Waals surface area contributed by atoms with Gasteiger partial charge in [-0.15, -0.1) is 29.3 Å². The van der Waals surface area contributed by atoms with Crippen molar-refractivity contribution in [1.29, 1.82) is 0 Å². The van der Waals surface area contributed by atoms with Gasteiger partial charge in [0.25, 0.3) is 5.91 Å². The second-order valence-corrected chi connectivity index (χ2v) is 8.08. The summed E-state index contributed by atoms with van der Waals surface area (Å²) in [5.74, 6) is -1.66. The molecule has 1 amide bonds. The summed E-state index contributed by atoms with van der Waals surface area (Å²) < 4.78 is 10.2. The maximum absolute atomic E-state index is 12.3. The van der Waals surface area contributed by atoms with Gasteiger partial charge in [0.05, 0.1) is 12.2 Å². The molecule has 154 valence electrons. The van der Waals surface area contributed by atoms with Gasteiger partial charge in [0.1, 0.15) is 5.00 Å². The highest BCUT2D eigenvalue weighted by molar-refractivity contribution is 7.17. The number of fused-ring (bicyclic) bond motifs is 1. The Morgan fingerprint density at radius 1 is 1.28 bits per heavy atom. The summed E-state index contributed by atoms with van der Waals surface area (Å²) in [5.41, 5.74) is 1.49. The second kappa shape index (κ2) is 9.66. The lowest BCUT2D eigenvalue weighted by atomic mass is 10.1. The van der Waals surface area contributed by atoms with Crippen LogP contribution in [0.2, 0.25) is 0 Å². The van der Waals surface area contributed by atoms with Crippen molar-refractivity contribution in [3.05, 3.63) is 39.7 Å². The number of anilines is 2. The van der Waals surface area contributed by atoms with Crippen LogP contribution in [0.15, 0.2) is 18.0 Å². The third kappa shape index (κ3) is 5.01. The van der Waals surface area contributed by atoms with Gasteiger partial charge in [-0.05, 0) is 31.7 Å². The highest BCUT2D eigenvalue weighted by atomic mass is 32.1. The van der Waals surface area contributed by atoms with Crippen molar-refractivity contribution in [1.82, 2.24) is 4.98 Å². The van der Waals surface area contributed by atoms with E-state index in [-0.39, 0.29) is 12.3 Å². The van der Waals surface area contributed by atoms with E-state index in [1.807, 2.05) is 0 Å². The van der Waals surface area contributed by atoms with Gasteiger partial charge in [0.2, 0.25) is 0 Å². The zero-order valence-corrected chi connectivity index (χ0v) is 17.5. The number of aromatic nitrogens is 1. The van der Waals surface area contributed by atoms with Gasteiger partial charge in [-0.1, -0.05) is 6.08 Å². The zero-order chi connectivity index (χ0) is 20.8. The van der Waals surface area contributed by atoms with Crippen molar-refractivity contribution >= 4 is 50.7 Å². The smallest absolute Gasteiger partial charge is 0.358 e. The summed E-state index contributed by atoms with van der Waals surface area (Å²) >= 11 is 2.63. The molecule has 0 spiro atoms. The van der Waals surface area contributed by atoms with E-state index in [0.29, 0.717) is 22.2 Å². The van der Waals surface area contributed by atoms with Gasteiger partial charge in [-0.25, -0.2) is 14.6 Å². The predicted molar refractivity (Wildman–Crippen MR) is 112 cm³/mol. The van der Waals surface area contributed by atoms with Crippen molar-refractivity contribution < 1.29 is 23.9 Å². The topological polar surface area (TPSA) is 107 Å². The molecule has 2 aromatic heterocycles. The van der Waals surface area contributed by atoms with Crippen LogP contribution in [0.3, 0.4) is 0 Å². The average molecular weight is 436 g/mol. The largest absolute Gasteiger partial charge is 0.462 e. The number of nitrogens with one attached hydrogen (secondary N) is 2. The Morgan fingerprint density at radius 3 is 2.86 bits per heavy atom. The van der Waals surface area contributed by atoms with Crippen LogP contribution in [0.1, 0.15) is 44.6 Å². The van der Waals surface area contributed by atoms with E-state index >= 15 is 0 Å². The maximum Gasteiger partial charge on any atom is 0.358 e. The number of ether oxygens (including phenoxy) is 2. The highest BCUT2D eigenvalue weighted by Gasteiger charge is 2.28. The van der Waals surface area contributed by atoms with E-state index in [4.69, 9.17) is 9.47 Å². The van der Waals surface area contributed by atoms with Gasteiger partial charge in [0, 0.05) is 16.8 Å². The number of rotatable bonds is 9. The lowest BCUT2D eigenvalue weighted by Crippen LogP contribution is -2.22. The van der Waals surface area contributed by atoms with E-state index in [0.717, 1.165) is 29.7 Å². The van der Waals surface area contributed by atoms with Crippen LogP contribution >= 0.6 is 22.7 Å². The monoisotopic (exact) mass is 435 g/mol. The van der Waals surface area contributed by atoms with Crippen LogP contribution in [-0.4, -0.2) is 42.6 Å². The number of hydrogen-bond donors (Lipinski definition) is 2. The second-order valence-electron chi connectivity index (χ2n) is 6.11. The normalized spacial score (nSPS) is 12.2. The molecule has 1 aliphatic rings. The number of thiazole rings is 1. The van der Waals surface area contributed by atoms with Crippen molar-refractivity contribution in [2.24, 2.45) is 0 Å². The minimum atomic E-state index is -0.692. The van der Waals surface area contributed by atoms with Crippen molar-refractivity contribution in [2.45, 2.75) is 26.2 Å². The Kier molecular flexibility index (Phi) is 6.99. The first kappa shape index (κ1) is 21.0. The van der Waals surface area contributed by atoms with E-state index in [2.05, 4.69) is 22.2 Å². The van der Waals surface area contributed by atoms with Crippen molar-refractivity contribution in [2.75, 3.05) is 30.4 Å². The lowest BCUT2D eigenvalue weighted by Gasteiger charge is -2.08. The molecular formula is C19H21N3O5S2. The molecule has 3 rings (SSSR count). The summed E-state index contributed by atoms with van der Waals surface area (Å²) in [4.78, 5) is 41.9. The summed E-state index contributed by atoms with van der Waals surface area (Å²) in [6, 6.07) is 0. The van der Waals surface area contributed by atoms with Crippen LogP contribution in [-0.2, 0) is 27.1 Å². The van der Waals surface area contributed by atoms with E-state index in [1.54, 1.807) is 18.4 Å². The highest BCUT2D eigenvalue weighted by Crippen LogP contribution is 2.39. The molecule has 2 heterocycles. The van der Waals surface area contributed by atoms with Gasteiger partial charge >= 0.3 is 11.9 Å². The number of thiophene rings is 1. The number of esters is 2. The first-order valence-electron chi connectivity index (χ1n) is 9.12. The van der Waals surface area contributed by atoms with E-state index < -0.39 is 24.5 Å². The Labute approximate surface area is 175 Å². The molecule has 0 aliphatic heterocycles. The summed E-state index contributed by atoms with van der Waals surface area (Å²) in [7, 11) is 0. The Bertz CT molecular complexity index is 934. The molecule has 0 fully saturated rings. The summed E-state index contributed by atoms with van der Waals surface area (Å²) in [6.07, 6.45) is 4.33. The zero-order valence-electron chi connectivity index (χ0n) is 15.9. The molecule has 1 aliphatic carbocycles. The first-order chi connectivity index (χ1) is 14.0. The van der Waals surface area contributed by atoms with Gasteiger partial charge in [-0.2, -0.15) is 0 Å². The lowest BCUT2D eigenvalue weighted by molar-refractivity contribution is -0.119. The standard InChI is InChI=1S/C19H21N3O5S2/c1-3-8-20-19-21-12(10-28-19)17(24)27-9-14(23)22-16-15(18(25)26-4-2)11-6-5-7-13(11)29-16/h3,10H,1,4-9H2,2H3,(H,20,21)(H,22,23). The maximum atomic E-state index is 12.3. The summed E-state index contributed by atoms with van der Waals surface area (Å²) in [5, 5.41) is 8.21. The molecule has 8 nitrogen and oxygen atoms in total. The van der Waals surface area contributed by atoms with E-state index in [9.17, 15) is 14.4 Å². The Hall–Kier alpha value is -2.72. The molecule has 29 heavy (non-hydrogen) atoms. The third-order valence-corrected chi connectivity index (χ3v) is 6.11. The third-order valence-electron chi connectivity index (χ3n) is 4.10. The van der Waals surface area contributed by atoms with Gasteiger partial charge in [0.15, 0.2) is 17.4 Å². The number of hydrogen-bond acceptors (Lipinski definition) is 9. The molecule has 0 radical (unpaired) electrons. The fourth-order valence-electron chi connectivity index (χ4n) is 2.89. The molecule has 2 aromatic rings. The number of aryl methyl sites for hydroxylation is 1. The number of carbonyl (C=O) groups excluding carboxylic acids is 3. The molecule has 2 N–H and O–H groups in total. The van der Waals surface area contributed by atoms with Crippen molar-refractivity contribution in [3.8, 4) is 0 Å². The molecule has 0 saturated heterocycles. The molecule has 10 heteroatoms. The molecule has 0 aromatic carbocycles. The van der Waals surface area contributed by atoms with Crippen LogP contribution in [0.4, 0.5) is 10.1 Å². The Morgan fingerprint density at radius 2 is 2.10 bits per heavy atom. The molecule has 0 bridgehead atoms. The minimum absolute atomic E-state index is 0.122. The van der Waals surface area contributed by atoms with Gasteiger partial charge in [-0.3, -0.25) is 4.79 Å². The quantitative estimate of drug-likeness (QED) is 0.460. The number of carbonyl (C=O) groups is 3. The van der Waals surface area contributed by atoms with Crippen LogP contribution in [0.5, 0.6) is 0 Å². The average Bonchev–Trinajstić information content (AvgIpc) is 3.40. The van der Waals surface area contributed by atoms with Crippen LogP contribution in [0, 0.1) is 0 Å². The number of amides is 1. The Balaban J connectivity index is 1.60. The molecule has 0 saturated carbocycles. The first-order valence-corrected chi connectivity index (χ1v) is 10.8. The molecule has 0 unspecified atom stereocenters. The number of nitrogens with zero attached hydrogens (tertiary/aromatic N) is 1. The SMILES string of the molecule is C=CCNc1nc(C(=O)OCC(=O)Nc2sc3c(c2C(=O)OCC)CCC3)cs1. The summed E-state index contributed by atoms with van der Waals surface area (Å²) in [6.45, 7) is 5.64.